The summed E-state index contributed by atoms with van der Waals surface area (Å²) in [7, 11) is 1.31. The van der Waals surface area contributed by atoms with Crippen LogP contribution in [0.2, 0.25) is 0 Å². The lowest BCUT2D eigenvalue weighted by Crippen LogP contribution is -2.43. The molecule has 0 bridgehead atoms. The fraction of sp³-hybridized carbons (Fsp3) is 0.444. The lowest BCUT2D eigenvalue weighted by Gasteiger charge is -2.32. The van der Waals surface area contributed by atoms with Crippen molar-refractivity contribution in [2.45, 2.75) is 33.4 Å². The predicted octanol–water partition coefficient (Wildman–Crippen LogP) is 3.16. The summed E-state index contributed by atoms with van der Waals surface area (Å²) in [5.41, 5.74) is 1.36. The number of amides is 1. The van der Waals surface area contributed by atoms with E-state index in [0.29, 0.717) is 12.3 Å². The van der Waals surface area contributed by atoms with Gasteiger partial charge in [-0.1, -0.05) is 26.8 Å². The minimum atomic E-state index is -0.976. The zero-order chi connectivity index (χ0) is 17.9. The van der Waals surface area contributed by atoms with Gasteiger partial charge in [-0.15, -0.1) is 0 Å². The summed E-state index contributed by atoms with van der Waals surface area (Å²) < 4.78 is 10.7. The number of carbonyl (C=O) groups excluding carboxylic acids is 1. The van der Waals surface area contributed by atoms with Crippen molar-refractivity contribution in [3.05, 3.63) is 35.4 Å². The Labute approximate surface area is 141 Å². The molecule has 1 aromatic rings. The summed E-state index contributed by atoms with van der Waals surface area (Å²) in [5.74, 6) is 0.232. The van der Waals surface area contributed by atoms with Crippen molar-refractivity contribution in [1.29, 1.82) is 0 Å². The van der Waals surface area contributed by atoms with Crippen LogP contribution < -0.4 is 4.74 Å². The molecule has 0 saturated carbocycles. The van der Waals surface area contributed by atoms with Crippen molar-refractivity contribution in [3.63, 3.8) is 0 Å². The number of nitrogens with zero attached hydrogens (tertiary/aromatic N) is 1. The molecule has 1 atom stereocenters. The Bertz CT molecular complexity index is 660. The van der Waals surface area contributed by atoms with Gasteiger partial charge in [0.1, 0.15) is 11.9 Å². The Kier molecular flexibility index (Phi) is 5.17. The van der Waals surface area contributed by atoms with Crippen LogP contribution in [0.25, 0.3) is 6.08 Å². The van der Waals surface area contributed by atoms with Crippen LogP contribution in [0.1, 0.15) is 31.9 Å². The Morgan fingerprint density at radius 3 is 2.67 bits per heavy atom. The summed E-state index contributed by atoms with van der Waals surface area (Å²) in [6.45, 7) is 6.63. The number of ether oxygens (including phenoxy) is 2. The molecule has 130 valence electrons. The summed E-state index contributed by atoms with van der Waals surface area (Å²) in [6, 6.07) is 5.47. The largest absolute Gasteiger partial charge is 0.488 e. The maximum absolute atomic E-state index is 11.5. The molecule has 0 fully saturated rings. The van der Waals surface area contributed by atoms with E-state index in [9.17, 15) is 14.7 Å². The van der Waals surface area contributed by atoms with E-state index < -0.39 is 12.1 Å². The van der Waals surface area contributed by atoms with Crippen molar-refractivity contribution in [2.75, 3.05) is 13.7 Å². The lowest BCUT2D eigenvalue weighted by molar-refractivity contribution is -0.134. The SMILES string of the molecule is COC(=O)C=Cc1ccc2c(c1)CN(C(=O)O)CC(C(C)(C)C)O2. The fourth-order valence-corrected chi connectivity index (χ4v) is 2.43. The average molecular weight is 333 g/mol. The molecule has 1 heterocycles. The molecule has 6 heteroatoms. The second-order valence-corrected chi connectivity index (χ2v) is 6.86. The Hall–Kier alpha value is -2.50. The van der Waals surface area contributed by atoms with Crippen LogP contribution in [0, 0.1) is 5.41 Å². The third-order valence-corrected chi connectivity index (χ3v) is 3.95. The van der Waals surface area contributed by atoms with Gasteiger partial charge in [0.25, 0.3) is 0 Å². The maximum Gasteiger partial charge on any atom is 0.407 e. The van der Waals surface area contributed by atoms with Gasteiger partial charge in [-0.25, -0.2) is 9.59 Å². The minimum Gasteiger partial charge on any atom is -0.488 e. The molecule has 1 aromatic carbocycles. The molecule has 0 saturated heterocycles. The van der Waals surface area contributed by atoms with Crippen LogP contribution >= 0.6 is 0 Å². The first kappa shape index (κ1) is 17.8. The van der Waals surface area contributed by atoms with Crippen LogP contribution in [-0.2, 0) is 16.1 Å². The van der Waals surface area contributed by atoms with E-state index in [2.05, 4.69) is 4.74 Å². The topological polar surface area (TPSA) is 76.1 Å². The fourth-order valence-electron chi connectivity index (χ4n) is 2.43. The van der Waals surface area contributed by atoms with Crippen LogP contribution in [0.15, 0.2) is 24.3 Å². The predicted molar refractivity (Wildman–Crippen MR) is 89.8 cm³/mol. The molecule has 1 aliphatic heterocycles. The smallest absolute Gasteiger partial charge is 0.407 e. The first-order valence-corrected chi connectivity index (χ1v) is 7.74. The van der Waals surface area contributed by atoms with E-state index in [1.54, 1.807) is 6.08 Å². The number of esters is 1. The van der Waals surface area contributed by atoms with Gasteiger partial charge >= 0.3 is 12.1 Å². The zero-order valence-electron chi connectivity index (χ0n) is 14.4. The van der Waals surface area contributed by atoms with Crippen molar-refractivity contribution in [3.8, 4) is 5.75 Å². The highest BCUT2D eigenvalue weighted by atomic mass is 16.5. The molecule has 1 aliphatic rings. The molecule has 6 nitrogen and oxygen atoms in total. The molecular weight excluding hydrogens is 310 g/mol. The molecule has 1 amide bonds. The molecule has 1 unspecified atom stereocenters. The molecular formula is C18H23NO5. The van der Waals surface area contributed by atoms with Crippen LogP contribution in [0.4, 0.5) is 4.79 Å². The number of hydrogen-bond acceptors (Lipinski definition) is 4. The molecule has 24 heavy (non-hydrogen) atoms. The van der Waals surface area contributed by atoms with Gasteiger partial charge in [0.2, 0.25) is 0 Å². The quantitative estimate of drug-likeness (QED) is 0.664. The van der Waals surface area contributed by atoms with Gasteiger partial charge in [0, 0.05) is 17.1 Å². The number of carbonyl (C=O) groups is 2. The normalized spacial score (nSPS) is 17.8. The highest BCUT2D eigenvalue weighted by molar-refractivity contribution is 5.87. The number of hydrogen-bond donors (Lipinski definition) is 1. The molecule has 1 N–H and O–H groups in total. The van der Waals surface area contributed by atoms with E-state index >= 15 is 0 Å². The number of carboxylic acid groups (broad SMARTS) is 1. The third-order valence-electron chi connectivity index (χ3n) is 3.95. The standard InChI is InChI=1S/C18H23NO5/c1-18(2,3)15-11-19(17(21)22)10-13-9-12(5-7-14(13)24-15)6-8-16(20)23-4/h5-9,15H,10-11H2,1-4H3,(H,21,22). The Morgan fingerprint density at radius 2 is 2.08 bits per heavy atom. The van der Waals surface area contributed by atoms with Crippen LogP contribution in [0.5, 0.6) is 5.75 Å². The highest BCUT2D eigenvalue weighted by Crippen LogP contribution is 2.32. The number of rotatable bonds is 2. The lowest BCUT2D eigenvalue weighted by atomic mass is 9.88. The highest BCUT2D eigenvalue weighted by Gasteiger charge is 2.33. The second-order valence-electron chi connectivity index (χ2n) is 6.86. The number of benzene rings is 1. The van der Waals surface area contributed by atoms with Crippen LogP contribution in [-0.4, -0.2) is 41.8 Å². The number of methoxy groups -OCH3 is 1. The average Bonchev–Trinajstić information content (AvgIpc) is 2.71. The molecule has 0 aliphatic carbocycles. The van der Waals surface area contributed by atoms with Gasteiger partial charge in [0.15, 0.2) is 0 Å². The summed E-state index contributed by atoms with van der Waals surface area (Å²) >= 11 is 0. The maximum atomic E-state index is 11.5. The zero-order valence-corrected chi connectivity index (χ0v) is 14.4. The number of fused-ring (bicyclic) bond motifs is 1. The van der Waals surface area contributed by atoms with Gasteiger partial charge in [-0.2, -0.15) is 0 Å². The van der Waals surface area contributed by atoms with Crippen molar-refractivity contribution < 1.29 is 24.2 Å². The monoisotopic (exact) mass is 333 g/mol. The molecule has 2 rings (SSSR count). The van der Waals surface area contributed by atoms with E-state index in [1.807, 2.05) is 39.0 Å². The third kappa shape index (κ3) is 4.28. The van der Waals surface area contributed by atoms with Gasteiger partial charge in [0.05, 0.1) is 20.2 Å². The Morgan fingerprint density at radius 1 is 1.38 bits per heavy atom. The van der Waals surface area contributed by atoms with Gasteiger partial charge in [-0.3, -0.25) is 0 Å². The first-order valence-electron chi connectivity index (χ1n) is 7.74. The van der Waals surface area contributed by atoms with E-state index in [0.717, 1.165) is 11.1 Å². The summed E-state index contributed by atoms with van der Waals surface area (Å²) in [6.07, 6.45) is 1.73. The van der Waals surface area contributed by atoms with Crippen molar-refractivity contribution >= 4 is 18.1 Å². The molecule has 0 aromatic heterocycles. The van der Waals surface area contributed by atoms with E-state index in [4.69, 9.17) is 4.74 Å². The van der Waals surface area contributed by atoms with Crippen molar-refractivity contribution in [2.24, 2.45) is 5.41 Å². The first-order chi connectivity index (χ1) is 11.2. The summed E-state index contributed by atoms with van der Waals surface area (Å²) in [4.78, 5) is 24.1. The van der Waals surface area contributed by atoms with Gasteiger partial charge < -0.3 is 19.5 Å². The van der Waals surface area contributed by atoms with E-state index in [-0.39, 0.29) is 18.1 Å². The molecule has 0 radical (unpaired) electrons. The van der Waals surface area contributed by atoms with Crippen LogP contribution in [0.3, 0.4) is 0 Å². The Balaban J connectivity index is 2.35. The summed E-state index contributed by atoms with van der Waals surface area (Å²) in [5, 5.41) is 9.44. The van der Waals surface area contributed by atoms with Gasteiger partial charge in [-0.05, 0) is 23.8 Å². The van der Waals surface area contributed by atoms with E-state index in [1.165, 1.54) is 18.1 Å². The molecule has 0 spiro atoms. The van der Waals surface area contributed by atoms with Crippen molar-refractivity contribution in [1.82, 2.24) is 4.90 Å². The second kappa shape index (κ2) is 6.95. The minimum absolute atomic E-state index is 0.196.